The monoisotopic (exact) mass is 662 g/mol. The van der Waals surface area contributed by atoms with Crippen LogP contribution >= 0.6 is 0 Å². The van der Waals surface area contributed by atoms with Crippen LogP contribution in [0.25, 0.3) is 11.1 Å². The van der Waals surface area contributed by atoms with Crippen molar-refractivity contribution in [1.29, 1.82) is 0 Å². The second-order valence-corrected chi connectivity index (χ2v) is 40.3. The van der Waals surface area contributed by atoms with E-state index < -0.39 is 18.0 Å². The summed E-state index contributed by atoms with van der Waals surface area (Å²) in [5.74, 6) is 0.793. The predicted molar refractivity (Wildman–Crippen MR) is 163 cm³/mol. The molecule has 2 aromatic carbocycles. The Morgan fingerprint density at radius 3 is 2.00 bits per heavy atom. The third-order valence-electron chi connectivity index (χ3n) is 10.7. The van der Waals surface area contributed by atoms with Gasteiger partial charge in [-0.2, -0.15) is 0 Å². The van der Waals surface area contributed by atoms with Crippen molar-refractivity contribution in [2.45, 2.75) is 111 Å². The molecule has 37 heavy (non-hydrogen) atoms. The fourth-order valence-corrected chi connectivity index (χ4v) is 31.8. The second-order valence-electron chi connectivity index (χ2n) is 15.4. The average Bonchev–Trinajstić information content (AvgIpc) is 3.51. The van der Waals surface area contributed by atoms with Crippen LogP contribution in [0.4, 0.5) is 0 Å². The van der Waals surface area contributed by atoms with Crippen LogP contribution in [-0.4, -0.2) is 3.26 Å². The molecule has 0 unspecified atom stereocenters. The summed E-state index contributed by atoms with van der Waals surface area (Å²) in [6.45, 7) is 17.0. The first-order chi connectivity index (χ1) is 17.2. The Bertz CT molecular complexity index is 1340. The summed E-state index contributed by atoms with van der Waals surface area (Å²) in [4.78, 5) is 0. The van der Waals surface area contributed by atoms with E-state index >= 15 is 0 Å². The third-order valence-corrected chi connectivity index (χ3v) is 37.0. The quantitative estimate of drug-likeness (QED) is 0.245. The van der Waals surface area contributed by atoms with E-state index in [4.69, 9.17) is 0 Å². The van der Waals surface area contributed by atoms with Gasteiger partial charge in [0.2, 0.25) is 0 Å². The van der Waals surface area contributed by atoms with E-state index in [-0.39, 0.29) is 10.8 Å². The first-order valence-electron chi connectivity index (χ1n) is 14.9. The fourth-order valence-electron chi connectivity index (χ4n) is 8.05. The Morgan fingerprint density at radius 1 is 0.784 bits per heavy atom. The third kappa shape index (κ3) is 4.40. The van der Waals surface area contributed by atoms with E-state index in [9.17, 15) is 0 Å². The topological polar surface area (TPSA) is 0 Å². The van der Waals surface area contributed by atoms with Gasteiger partial charge in [0.05, 0.1) is 0 Å². The van der Waals surface area contributed by atoms with Gasteiger partial charge in [-0.05, 0) is 0 Å². The second kappa shape index (κ2) is 9.11. The zero-order chi connectivity index (χ0) is 26.8. The Morgan fingerprint density at radius 2 is 1.41 bits per heavy atom. The molecule has 0 saturated heterocycles. The summed E-state index contributed by atoms with van der Waals surface area (Å²) in [6.07, 6.45) is 18.0. The standard InChI is InChI=1S/C21H25.C8H14.C5H5.2CH3.Hf/c1-20(2,3)16-7-9-18-14(12-16)11-15-13-17(21(4,5)6)8-10-19(15)18;1-2-8-6-4-3-5-7-8;1-2-4-5-3-1;;;/h7-10,12H,11H2,1-6H3;8H,3-7H2,1H3;1-5H;2*1H3;. The molecule has 0 radical (unpaired) electrons. The van der Waals surface area contributed by atoms with Crippen molar-refractivity contribution in [3.63, 3.8) is 0 Å². The molecule has 0 aromatic heterocycles. The summed E-state index contributed by atoms with van der Waals surface area (Å²) in [5, 5.41) is 0. The molecule has 0 amide bonds. The van der Waals surface area contributed by atoms with Crippen LogP contribution in [0.3, 0.4) is 0 Å². The van der Waals surface area contributed by atoms with Crippen molar-refractivity contribution in [3.05, 3.63) is 76.9 Å². The number of allylic oxidation sites excluding steroid dienone is 4. The fraction of sp³-hybridized carbons (Fsp3) is 0.528. The average molecular weight is 661 g/mol. The molecule has 0 nitrogen and oxygen atoms in total. The molecule has 0 heterocycles. The van der Waals surface area contributed by atoms with Crippen LogP contribution in [0, 0.1) is 5.92 Å². The van der Waals surface area contributed by atoms with Gasteiger partial charge in [0.15, 0.2) is 0 Å². The molecule has 0 atom stereocenters. The van der Waals surface area contributed by atoms with Crippen molar-refractivity contribution in [2.75, 3.05) is 0 Å². The number of fused-ring (bicyclic) bond motifs is 3. The molecule has 198 valence electrons. The van der Waals surface area contributed by atoms with E-state index in [1.165, 1.54) is 48.8 Å². The number of hydrogen-bond donors (Lipinski definition) is 0. The summed E-state index contributed by atoms with van der Waals surface area (Å²) < 4.78 is 10.0. The number of hydrogen-bond acceptors (Lipinski definition) is 0. The Balaban J connectivity index is 1.85. The van der Waals surface area contributed by atoms with E-state index in [0.717, 1.165) is 12.3 Å². The molecular formula is C36H50Hf. The van der Waals surface area contributed by atoms with Gasteiger partial charge in [-0.1, -0.05) is 0 Å². The molecule has 1 heteroatoms. The number of benzene rings is 2. The van der Waals surface area contributed by atoms with Gasteiger partial charge in [-0.25, -0.2) is 0 Å². The molecule has 1 saturated carbocycles. The van der Waals surface area contributed by atoms with E-state index in [1.807, 2.05) is 6.58 Å². The zero-order valence-corrected chi connectivity index (χ0v) is 28.7. The van der Waals surface area contributed by atoms with Crippen molar-refractivity contribution in [1.82, 2.24) is 0 Å². The van der Waals surface area contributed by atoms with E-state index in [1.54, 1.807) is 16.7 Å². The van der Waals surface area contributed by atoms with Crippen LogP contribution in [0.2, 0.25) is 13.0 Å². The molecule has 0 bridgehead atoms. The van der Waals surface area contributed by atoms with E-state index in [2.05, 4.69) is 112 Å². The number of rotatable bonds is 3. The first kappa shape index (κ1) is 27.2. The van der Waals surface area contributed by atoms with Gasteiger partial charge in [0.1, 0.15) is 0 Å². The summed E-state index contributed by atoms with van der Waals surface area (Å²) >= 11 is -3.95. The Hall–Kier alpha value is -1.34. The normalized spacial score (nSPS) is 18.9. The van der Waals surface area contributed by atoms with Gasteiger partial charge >= 0.3 is 229 Å². The minimum absolute atomic E-state index is 0.123. The van der Waals surface area contributed by atoms with Gasteiger partial charge in [0.25, 0.3) is 0 Å². The van der Waals surface area contributed by atoms with Crippen molar-refractivity contribution >= 4 is 6.58 Å². The molecular weight excluding hydrogens is 611 g/mol. The summed E-state index contributed by atoms with van der Waals surface area (Å²) in [6, 6.07) is 12.4. The van der Waals surface area contributed by atoms with Crippen LogP contribution < -0.4 is 3.32 Å². The Labute approximate surface area is 228 Å². The maximum atomic E-state index is 2.83. The van der Waals surface area contributed by atoms with Crippen LogP contribution in [0.1, 0.15) is 103 Å². The SMILES string of the molecule is C[C](C1CCCCC1)=[Hf]([CH3])([CH3])([c]1c(C(C)(C)C)ccc2c1Cc1cc(C(C)(C)C)ccc1-2)[CH]1C=CC=C1. The summed E-state index contributed by atoms with van der Waals surface area (Å²) in [7, 11) is 0. The molecule has 2 aromatic rings. The minimum atomic E-state index is -3.95. The zero-order valence-electron chi connectivity index (χ0n) is 25.1. The molecule has 1 fully saturated rings. The van der Waals surface area contributed by atoms with Crippen molar-refractivity contribution < 1.29 is 18.0 Å². The molecule has 0 spiro atoms. The van der Waals surface area contributed by atoms with E-state index in [0.29, 0.717) is 3.67 Å². The maximum absolute atomic E-state index is 3.95. The van der Waals surface area contributed by atoms with Crippen LogP contribution in [0.5, 0.6) is 0 Å². The van der Waals surface area contributed by atoms with Crippen LogP contribution in [-0.2, 0) is 35.3 Å². The Kier molecular flexibility index (Phi) is 6.70. The van der Waals surface area contributed by atoms with Gasteiger partial charge < -0.3 is 0 Å². The molecule has 3 aliphatic rings. The van der Waals surface area contributed by atoms with Crippen molar-refractivity contribution in [2.24, 2.45) is 5.92 Å². The van der Waals surface area contributed by atoms with Crippen LogP contribution in [0.15, 0.2) is 54.6 Å². The molecule has 5 rings (SSSR count). The van der Waals surface area contributed by atoms with Gasteiger partial charge in [0, 0.05) is 0 Å². The molecule has 0 aliphatic heterocycles. The predicted octanol–water partition coefficient (Wildman–Crippen LogP) is 9.95. The van der Waals surface area contributed by atoms with Gasteiger partial charge in [-0.3, -0.25) is 0 Å². The molecule has 3 aliphatic carbocycles. The van der Waals surface area contributed by atoms with Crippen molar-refractivity contribution in [3.8, 4) is 11.1 Å². The first-order valence-corrected chi connectivity index (χ1v) is 27.8. The van der Waals surface area contributed by atoms with Gasteiger partial charge in [-0.15, -0.1) is 0 Å². The summed E-state index contributed by atoms with van der Waals surface area (Å²) in [5.41, 5.74) is 9.61. The molecule has 0 N–H and O–H groups in total.